The number of aliphatic carboxylic acids is 1. The Hall–Kier alpha value is -1.26. The minimum Gasteiger partial charge on any atom is -0.480 e. The predicted octanol–water partition coefficient (Wildman–Crippen LogP) is 1.68. The van der Waals surface area contributed by atoms with Gasteiger partial charge in [0.05, 0.1) is 0 Å². The average molecular weight is 242 g/mol. The number of rotatable bonds is 4. The number of carboxylic acids is 1. The molecule has 0 aliphatic carbocycles. The number of piperidine rings is 1. The van der Waals surface area contributed by atoms with Crippen LogP contribution in [0.15, 0.2) is 0 Å². The molecule has 1 atom stereocenters. The summed E-state index contributed by atoms with van der Waals surface area (Å²) in [5.74, 6) is -0.259. The third-order valence-electron chi connectivity index (χ3n) is 3.48. The number of likely N-dealkylation sites (tertiary alicyclic amines) is 1. The Balaban J connectivity index is 2.41. The second kappa shape index (κ2) is 6.47. The van der Waals surface area contributed by atoms with E-state index >= 15 is 0 Å². The molecule has 1 fully saturated rings. The van der Waals surface area contributed by atoms with Crippen molar-refractivity contribution in [1.82, 2.24) is 10.2 Å². The van der Waals surface area contributed by atoms with Crippen molar-refractivity contribution in [2.45, 2.75) is 45.6 Å². The van der Waals surface area contributed by atoms with E-state index in [0.717, 1.165) is 32.4 Å². The second-order valence-corrected chi connectivity index (χ2v) is 4.59. The maximum absolute atomic E-state index is 11.8. The normalized spacial score (nSPS) is 18.8. The molecule has 0 bridgehead atoms. The van der Waals surface area contributed by atoms with Crippen molar-refractivity contribution in [3.8, 4) is 0 Å². The van der Waals surface area contributed by atoms with Crippen LogP contribution < -0.4 is 5.32 Å². The van der Waals surface area contributed by atoms with E-state index in [2.05, 4.69) is 12.2 Å². The molecule has 0 saturated carbocycles. The van der Waals surface area contributed by atoms with E-state index in [1.165, 1.54) is 0 Å². The highest BCUT2D eigenvalue weighted by Gasteiger charge is 2.25. The third-order valence-corrected chi connectivity index (χ3v) is 3.48. The smallest absolute Gasteiger partial charge is 0.326 e. The molecule has 0 aromatic carbocycles. The molecule has 1 saturated heterocycles. The number of urea groups is 1. The summed E-state index contributed by atoms with van der Waals surface area (Å²) in [6, 6.07) is -1.01. The van der Waals surface area contributed by atoms with E-state index in [1.807, 2.05) is 0 Å². The lowest BCUT2D eigenvalue weighted by atomic mass is 9.95. The first-order chi connectivity index (χ1) is 8.08. The summed E-state index contributed by atoms with van der Waals surface area (Å²) >= 11 is 0. The number of hydrogen-bond donors (Lipinski definition) is 2. The zero-order valence-electron chi connectivity index (χ0n) is 10.6. The van der Waals surface area contributed by atoms with Gasteiger partial charge >= 0.3 is 12.0 Å². The van der Waals surface area contributed by atoms with Gasteiger partial charge in [0.1, 0.15) is 6.04 Å². The van der Waals surface area contributed by atoms with Crippen molar-refractivity contribution in [3.63, 3.8) is 0 Å². The topological polar surface area (TPSA) is 69.6 Å². The quantitative estimate of drug-likeness (QED) is 0.788. The van der Waals surface area contributed by atoms with E-state index in [9.17, 15) is 9.59 Å². The van der Waals surface area contributed by atoms with Gasteiger partial charge in [-0.2, -0.15) is 0 Å². The van der Waals surface area contributed by atoms with Crippen LogP contribution in [0.1, 0.15) is 39.5 Å². The van der Waals surface area contributed by atoms with Gasteiger partial charge in [0.2, 0.25) is 0 Å². The molecule has 1 rings (SSSR count). The molecular weight excluding hydrogens is 220 g/mol. The second-order valence-electron chi connectivity index (χ2n) is 4.59. The minimum absolute atomic E-state index is 0.242. The Kier molecular flexibility index (Phi) is 5.25. The highest BCUT2D eigenvalue weighted by molar-refractivity contribution is 5.82. The largest absolute Gasteiger partial charge is 0.480 e. The molecule has 1 aliphatic heterocycles. The fourth-order valence-corrected chi connectivity index (χ4v) is 2.12. The van der Waals surface area contributed by atoms with Gasteiger partial charge in [-0.3, -0.25) is 0 Å². The van der Waals surface area contributed by atoms with Gasteiger partial charge in [0.15, 0.2) is 0 Å². The standard InChI is InChI=1S/C12H22N2O3/c1-3-9-5-7-14(8-6-9)12(17)13-10(4-2)11(15)16/h9-10H,3-8H2,1-2H3,(H,13,17)(H,15,16)/t10-/m1/s1. The van der Waals surface area contributed by atoms with Crippen LogP contribution in [0, 0.1) is 5.92 Å². The van der Waals surface area contributed by atoms with E-state index < -0.39 is 12.0 Å². The van der Waals surface area contributed by atoms with E-state index in [-0.39, 0.29) is 6.03 Å². The zero-order chi connectivity index (χ0) is 12.8. The van der Waals surface area contributed by atoms with E-state index in [4.69, 9.17) is 5.11 Å². The van der Waals surface area contributed by atoms with Crippen LogP contribution in [-0.4, -0.2) is 41.1 Å². The molecule has 1 heterocycles. The van der Waals surface area contributed by atoms with Crippen LogP contribution in [0.5, 0.6) is 0 Å². The summed E-state index contributed by atoms with van der Waals surface area (Å²) in [7, 11) is 0. The molecule has 17 heavy (non-hydrogen) atoms. The lowest BCUT2D eigenvalue weighted by Gasteiger charge is -2.32. The molecule has 0 radical (unpaired) electrons. The lowest BCUT2D eigenvalue weighted by molar-refractivity contribution is -0.139. The van der Waals surface area contributed by atoms with Gasteiger partial charge < -0.3 is 15.3 Å². The van der Waals surface area contributed by atoms with Crippen LogP contribution >= 0.6 is 0 Å². The molecule has 0 aromatic heterocycles. The summed E-state index contributed by atoms with van der Waals surface area (Å²) in [6.07, 6.45) is 3.61. The SMILES string of the molecule is CCC1CCN(C(=O)N[C@H](CC)C(=O)O)CC1. The number of amides is 2. The van der Waals surface area contributed by atoms with Crippen LogP contribution in [0.2, 0.25) is 0 Å². The fourth-order valence-electron chi connectivity index (χ4n) is 2.12. The third kappa shape index (κ3) is 3.91. The molecule has 0 spiro atoms. The fraction of sp³-hybridized carbons (Fsp3) is 0.833. The molecule has 1 aliphatic rings. The summed E-state index contributed by atoms with van der Waals surface area (Å²) in [5.41, 5.74) is 0. The van der Waals surface area contributed by atoms with Crippen LogP contribution in [0.3, 0.4) is 0 Å². The lowest BCUT2D eigenvalue weighted by Crippen LogP contribution is -2.49. The van der Waals surface area contributed by atoms with Crippen molar-refractivity contribution < 1.29 is 14.7 Å². The maximum atomic E-state index is 11.8. The number of carbonyl (C=O) groups excluding carboxylic acids is 1. The number of hydrogen-bond acceptors (Lipinski definition) is 2. The van der Waals surface area contributed by atoms with Crippen LogP contribution in [0.4, 0.5) is 4.79 Å². The summed E-state index contributed by atoms with van der Waals surface area (Å²) in [5, 5.41) is 11.4. The molecule has 2 N–H and O–H groups in total. The first kappa shape index (κ1) is 13.8. The van der Waals surface area contributed by atoms with Gasteiger partial charge in [0.25, 0.3) is 0 Å². The average Bonchev–Trinajstić information content (AvgIpc) is 2.35. The minimum atomic E-state index is -0.968. The summed E-state index contributed by atoms with van der Waals surface area (Å²) < 4.78 is 0. The molecule has 2 amide bonds. The van der Waals surface area contributed by atoms with Gasteiger partial charge in [-0.05, 0) is 25.2 Å². The van der Waals surface area contributed by atoms with Crippen LogP contribution in [-0.2, 0) is 4.79 Å². The van der Waals surface area contributed by atoms with Crippen LogP contribution in [0.25, 0.3) is 0 Å². The van der Waals surface area contributed by atoms with Gasteiger partial charge in [-0.15, -0.1) is 0 Å². The number of nitrogens with one attached hydrogen (secondary N) is 1. The highest BCUT2D eigenvalue weighted by atomic mass is 16.4. The summed E-state index contributed by atoms with van der Waals surface area (Å²) in [4.78, 5) is 24.4. The number of nitrogens with zero attached hydrogens (tertiary/aromatic N) is 1. The number of carbonyl (C=O) groups is 2. The van der Waals surface area contributed by atoms with E-state index in [0.29, 0.717) is 12.3 Å². The maximum Gasteiger partial charge on any atom is 0.326 e. The Bertz CT molecular complexity index is 273. The molecule has 5 nitrogen and oxygen atoms in total. The molecule has 0 aromatic rings. The molecule has 0 unspecified atom stereocenters. The van der Waals surface area contributed by atoms with Crippen molar-refractivity contribution in [3.05, 3.63) is 0 Å². The Morgan fingerprint density at radius 3 is 2.35 bits per heavy atom. The summed E-state index contributed by atoms with van der Waals surface area (Å²) in [6.45, 7) is 5.39. The van der Waals surface area contributed by atoms with Crippen molar-refractivity contribution in [1.29, 1.82) is 0 Å². The monoisotopic (exact) mass is 242 g/mol. The van der Waals surface area contributed by atoms with Crippen molar-refractivity contribution in [2.75, 3.05) is 13.1 Å². The predicted molar refractivity (Wildman–Crippen MR) is 64.8 cm³/mol. The first-order valence-electron chi connectivity index (χ1n) is 6.36. The Labute approximate surface area is 102 Å². The highest BCUT2D eigenvalue weighted by Crippen LogP contribution is 2.19. The van der Waals surface area contributed by atoms with Gasteiger partial charge in [0, 0.05) is 13.1 Å². The van der Waals surface area contributed by atoms with Gasteiger partial charge in [-0.1, -0.05) is 20.3 Å². The Morgan fingerprint density at radius 1 is 1.35 bits per heavy atom. The van der Waals surface area contributed by atoms with E-state index in [1.54, 1.807) is 11.8 Å². The van der Waals surface area contributed by atoms with Crippen molar-refractivity contribution in [2.24, 2.45) is 5.92 Å². The zero-order valence-corrected chi connectivity index (χ0v) is 10.6. The molecule has 5 heteroatoms. The van der Waals surface area contributed by atoms with Crippen molar-refractivity contribution >= 4 is 12.0 Å². The van der Waals surface area contributed by atoms with Gasteiger partial charge in [-0.25, -0.2) is 9.59 Å². The molecule has 98 valence electrons. The Morgan fingerprint density at radius 2 is 1.94 bits per heavy atom. The molecular formula is C12H22N2O3. The number of carboxylic acid groups (broad SMARTS) is 1. The first-order valence-corrected chi connectivity index (χ1v) is 6.36.